The molecule has 3 rings (SSSR count). The summed E-state index contributed by atoms with van der Waals surface area (Å²) < 4.78 is 5.15. The van der Waals surface area contributed by atoms with E-state index in [0.29, 0.717) is 5.75 Å². The van der Waals surface area contributed by atoms with Gasteiger partial charge in [0.15, 0.2) is 0 Å². The van der Waals surface area contributed by atoms with Gasteiger partial charge in [-0.1, -0.05) is 6.07 Å². The van der Waals surface area contributed by atoms with Gasteiger partial charge in [-0.3, -0.25) is 4.98 Å². The number of ether oxygens (including phenoxy) is 1. The molecule has 6 nitrogen and oxygen atoms in total. The van der Waals surface area contributed by atoms with Crippen molar-refractivity contribution in [3.05, 3.63) is 36.7 Å². The molecule has 0 saturated carbocycles. The monoisotopic (exact) mass is 255 g/mol. The minimum absolute atomic E-state index is 0.705. The molecule has 0 saturated heterocycles. The van der Waals surface area contributed by atoms with E-state index in [2.05, 4.69) is 20.5 Å². The van der Waals surface area contributed by atoms with Crippen LogP contribution in [0.25, 0.3) is 11.0 Å². The van der Waals surface area contributed by atoms with Crippen molar-refractivity contribution in [2.75, 3.05) is 12.4 Å². The van der Waals surface area contributed by atoms with Gasteiger partial charge in [0.1, 0.15) is 16.8 Å². The zero-order chi connectivity index (χ0) is 13.2. The highest BCUT2D eigenvalue weighted by molar-refractivity contribution is 5.89. The summed E-state index contributed by atoms with van der Waals surface area (Å²) in [5, 5.41) is 11.9. The summed E-state index contributed by atoms with van der Waals surface area (Å²) in [5.41, 5.74) is 3.41. The molecule has 0 radical (unpaired) electrons. The quantitative estimate of drug-likeness (QED) is 0.776. The predicted molar refractivity (Wildman–Crippen MR) is 72.6 cm³/mol. The number of nitrogens with zero attached hydrogens (tertiary/aromatic N) is 4. The van der Waals surface area contributed by atoms with Gasteiger partial charge in [-0.05, 0) is 12.1 Å². The molecule has 1 N–H and O–H groups in total. The number of methoxy groups -OCH3 is 1. The van der Waals surface area contributed by atoms with Gasteiger partial charge in [-0.25, -0.2) is 0 Å². The summed E-state index contributed by atoms with van der Waals surface area (Å²) in [6.07, 6.45) is 3.39. The van der Waals surface area contributed by atoms with Crippen molar-refractivity contribution in [2.24, 2.45) is 7.05 Å². The first-order chi connectivity index (χ1) is 9.26. The van der Waals surface area contributed by atoms with Gasteiger partial charge in [-0.15, -0.1) is 0 Å². The van der Waals surface area contributed by atoms with Crippen LogP contribution in [0.5, 0.6) is 5.75 Å². The summed E-state index contributed by atoms with van der Waals surface area (Å²) in [5.74, 6) is 0.705. The Hall–Kier alpha value is -2.63. The van der Waals surface area contributed by atoms with Crippen molar-refractivity contribution in [1.29, 1.82) is 0 Å². The Morgan fingerprint density at radius 3 is 2.95 bits per heavy atom. The van der Waals surface area contributed by atoms with E-state index in [1.54, 1.807) is 31.3 Å². The molecule has 0 atom stereocenters. The van der Waals surface area contributed by atoms with Gasteiger partial charge >= 0.3 is 0 Å². The zero-order valence-electron chi connectivity index (χ0n) is 10.7. The second-order valence-electron chi connectivity index (χ2n) is 4.10. The number of fused-ring (bicyclic) bond motifs is 1. The lowest BCUT2D eigenvalue weighted by Gasteiger charge is -2.07. The molecule has 0 spiro atoms. The zero-order valence-corrected chi connectivity index (χ0v) is 10.7. The number of aromatic nitrogens is 4. The maximum atomic E-state index is 5.15. The van der Waals surface area contributed by atoms with E-state index in [1.165, 1.54) is 0 Å². The fourth-order valence-corrected chi connectivity index (χ4v) is 1.90. The average Bonchev–Trinajstić information content (AvgIpc) is 2.80. The van der Waals surface area contributed by atoms with E-state index in [4.69, 9.17) is 4.74 Å². The van der Waals surface area contributed by atoms with Crippen LogP contribution in [0, 0.1) is 0 Å². The van der Waals surface area contributed by atoms with E-state index in [9.17, 15) is 0 Å². The van der Waals surface area contributed by atoms with E-state index in [0.717, 1.165) is 22.4 Å². The lowest BCUT2D eigenvalue weighted by molar-refractivity contribution is 0.413. The van der Waals surface area contributed by atoms with Gasteiger partial charge in [-0.2, -0.15) is 15.0 Å². The standard InChI is InChI=1S/C13H13N5O/c1-18-16-12-5-3-4-11(13(12)17-18)15-9-6-10(19-2)8-14-7-9/h3-8,15H,1-2H3. The molecule has 0 fully saturated rings. The summed E-state index contributed by atoms with van der Waals surface area (Å²) in [4.78, 5) is 5.66. The Kier molecular flexibility index (Phi) is 2.75. The highest BCUT2D eigenvalue weighted by Gasteiger charge is 2.06. The van der Waals surface area contributed by atoms with Crippen molar-refractivity contribution in [2.45, 2.75) is 0 Å². The number of benzene rings is 1. The molecule has 0 unspecified atom stereocenters. The molecule has 1 aromatic carbocycles. The summed E-state index contributed by atoms with van der Waals surface area (Å²) in [6.45, 7) is 0. The van der Waals surface area contributed by atoms with E-state index in [-0.39, 0.29) is 0 Å². The van der Waals surface area contributed by atoms with Gasteiger partial charge < -0.3 is 10.1 Å². The molecule has 19 heavy (non-hydrogen) atoms. The lowest BCUT2D eigenvalue weighted by Crippen LogP contribution is -1.94. The number of rotatable bonds is 3. The molecule has 0 amide bonds. The largest absolute Gasteiger partial charge is 0.495 e. The molecule has 2 heterocycles. The fourth-order valence-electron chi connectivity index (χ4n) is 1.90. The molecule has 6 heteroatoms. The highest BCUT2D eigenvalue weighted by Crippen LogP contribution is 2.24. The Balaban J connectivity index is 2.00. The summed E-state index contributed by atoms with van der Waals surface area (Å²) in [7, 11) is 3.42. The molecule has 2 aromatic heterocycles. The van der Waals surface area contributed by atoms with Crippen molar-refractivity contribution in [3.8, 4) is 5.75 Å². The molecule has 0 aliphatic rings. The SMILES string of the molecule is COc1cncc(Nc2cccc3nn(C)nc23)c1. The first-order valence-corrected chi connectivity index (χ1v) is 5.82. The maximum Gasteiger partial charge on any atom is 0.139 e. The molecular formula is C13H13N5O. The van der Waals surface area contributed by atoms with E-state index >= 15 is 0 Å². The number of pyridine rings is 1. The molecular weight excluding hydrogens is 242 g/mol. The second-order valence-corrected chi connectivity index (χ2v) is 4.10. The van der Waals surface area contributed by atoms with Crippen molar-refractivity contribution in [1.82, 2.24) is 20.0 Å². The van der Waals surface area contributed by atoms with Crippen LogP contribution in [-0.4, -0.2) is 27.1 Å². The van der Waals surface area contributed by atoms with Gasteiger partial charge in [0.2, 0.25) is 0 Å². The van der Waals surface area contributed by atoms with Gasteiger partial charge in [0.25, 0.3) is 0 Å². The van der Waals surface area contributed by atoms with Crippen LogP contribution < -0.4 is 10.1 Å². The summed E-state index contributed by atoms with van der Waals surface area (Å²) >= 11 is 0. The van der Waals surface area contributed by atoms with Crippen LogP contribution in [0.1, 0.15) is 0 Å². The third-order valence-electron chi connectivity index (χ3n) is 2.74. The molecule has 0 aliphatic heterocycles. The Morgan fingerprint density at radius 1 is 1.21 bits per heavy atom. The third-order valence-corrected chi connectivity index (χ3v) is 2.74. The van der Waals surface area contributed by atoms with Crippen molar-refractivity contribution in [3.63, 3.8) is 0 Å². The first kappa shape index (κ1) is 11.5. The second kappa shape index (κ2) is 4.56. The van der Waals surface area contributed by atoms with Crippen LogP contribution in [0.4, 0.5) is 11.4 Å². The first-order valence-electron chi connectivity index (χ1n) is 5.82. The maximum absolute atomic E-state index is 5.15. The van der Waals surface area contributed by atoms with Crippen LogP contribution in [-0.2, 0) is 7.05 Å². The van der Waals surface area contributed by atoms with Crippen LogP contribution >= 0.6 is 0 Å². The average molecular weight is 255 g/mol. The van der Waals surface area contributed by atoms with Crippen LogP contribution in [0.15, 0.2) is 36.7 Å². The normalized spacial score (nSPS) is 10.6. The topological polar surface area (TPSA) is 64.9 Å². The molecule has 0 bridgehead atoms. The van der Waals surface area contributed by atoms with Gasteiger partial charge in [0.05, 0.1) is 30.9 Å². The summed E-state index contributed by atoms with van der Waals surface area (Å²) in [6, 6.07) is 7.70. The lowest BCUT2D eigenvalue weighted by atomic mass is 10.2. The minimum Gasteiger partial charge on any atom is -0.495 e. The fraction of sp³-hybridized carbons (Fsp3) is 0.154. The smallest absolute Gasteiger partial charge is 0.139 e. The molecule has 0 aliphatic carbocycles. The minimum atomic E-state index is 0.705. The Labute approximate surface area is 110 Å². The molecule has 96 valence electrons. The van der Waals surface area contributed by atoms with E-state index in [1.807, 2.05) is 24.3 Å². The molecule has 3 aromatic rings. The number of aryl methyl sites for hydroxylation is 1. The van der Waals surface area contributed by atoms with Crippen molar-refractivity contribution >= 4 is 22.4 Å². The Morgan fingerprint density at radius 2 is 2.11 bits per heavy atom. The Bertz CT molecular complexity index is 722. The number of hydrogen-bond donors (Lipinski definition) is 1. The number of hydrogen-bond acceptors (Lipinski definition) is 5. The van der Waals surface area contributed by atoms with Crippen molar-refractivity contribution < 1.29 is 4.74 Å². The third kappa shape index (κ3) is 2.20. The predicted octanol–water partition coefficient (Wildman–Crippen LogP) is 2.12. The highest BCUT2D eigenvalue weighted by atomic mass is 16.5. The van der Waals surface area contributed by atoms with E-state index < -0.39 is 0 Å². The van der Waals surface area contributed by atoms with Crippen LogP contribution in [0.2, 0.25) is 0 Å². The van der Waals surface area contributed by atoms with Crippen LogP contribution in [0.3, 0.4) is 0 Å². The number of nitrogens with one attached hydrogen (secondary N) is 1. The van der Waals surface area contributed by atoms with Gasteiger partial charge in [0, 0.05) is 13.1 Å². The number of anilines is 2.